The lowest BCUT2D eigenvalue weighted by Gasteiger charge is -2.46. The summed E-state index contributed by atoms with van der Waals surface area (Å²) in [5.41, 5.74) is -0.541. The molecule has 2 fully saturated rings. The van der Waals surface area contributed by atoms with Crippen molar-refractivity contribution in [1.82, 2.24) is 0 Å². The molecule has 0 amide bonds. The van der Waals surface area contributed by atoms with Gasteiger partial charge in [-0.3, -0.25) is 4.79 Å². The minimum absolute atomic E-state index is 0.208. The summed E-state index contributed by atoms with van der Waals surface area (Å²) < 4.78 is 0. The molecular formula is C15H26O2. The fraction of sp³-hybridized carbons (Fsp3) is 0.933. The van der Waals surface area contributed by atoms with Gasteiger partial charge in [0, 0.05) is 5.92 Å². The van der Waals surface area contributed by atoms with Crippen molar-refractivity contribution in [3.05, 3.63) is 0 Å². The Morgan fingerprint density at radius 1 is 1.29 bits per heavy atom. The Kier molecular flexibility index (Phi) is 3.37. The normalized spacial score (nSPS) is 46.0. The van der Waals surface area contributed by atoms with Crippen LogP contribution >= 0.6 is 0 Å². The van der Waals surface area contributed by atoms with Gasteiger partial charge in [-0.15, -0.1) is 0 Å². The summed E-state index contributed by atoms with van der Waals surface area (Å²) in [6.45, 7) is 8.23. The fourth-order valence-electron chi connectivity index (χ4n) is 4.44. The molecule has 2 aliphatic rings. The first-order valence-corrected chi connectivity index (χ1v) is 7.07. The third kappa shape index (κ3) is 2.16. The van der Waals surface area contributed by atoms with E-state index in [1.807, 2.05) is 6.92 Å². The van der Waals surface area contributed by atoms with Crippen LogP contribution in [-0.4, -0.2) is 16.5 Å². The molecule has 2 heteroatoms. The summed E-state index contributed by atoms with van der Waals surface area (Å²) in [5.74, 6) is 2.56. The van der Waals surface area contributed by atoms with Crippen LogP contribution in [0, 0.1) is 29.6 Å². The number of hydrogen-bond acceptors (Lipinski definition) is 2. The van der Waals surface area contributed by atoms with Gasteiger partial charge >= 0.3 is 0 Å². The van der Waals surface area contributed by atoms with Gasteiger partial charge in [0.25, 0.3) is 0 Å². The van der Waals surface area contributed by atoms with Crippen LogP contribution in [0.1, 0.15) is 53.4 Å². The van der Waals surface area contributed by atoms with Crippen molar-refractivity contribution in [2.24, 2.45) is 29.6 Å². The summed E-state index contributed by atoms with van der Waals surface area (Å²) >= 11 is 0. The molecule has 0 radical (unpaired) electrons. The third-order valence-corrected chi connectivity index (χ3v) is 5.37. The lowest BCUT2D eigenvalue weighted by atomic mass is 9.61. The number of carbonyl (C=O) groups is 1. The van der Waals surface area contributed by atoms with Crippen molar-refractivity contribution >= 4 is 5.78 Å². The number of fused-ring (bicyclic) bond motifs is 1. The van der Waals surface area contributed by atoms with Gasteiger partial charge in [-0.1, -0.05) is 13.8 Å². The molecule has 98 valence electrons. The third-order valence-electron chi connectivity index (χ3n) is 5.37. The van der Waals surface area contributed by atoms with E-state index >= 15 is 0 Å². The van der Waals surface area contributed by atoms with Gasteiger partial charge in [0.2, 0.25) is 0 Å². The maximum Gasteiger partial charge on any atom is 0.133 e. The van der Waals surface area contributed by atoms with Crippen molar-refractivity contribution in [3.8, 4) is 0 Å². The van der Waals surface area contributed by atoms with E-state index in [0.29, 0.717) is 29.5 Å². The van der Waals surface area contributed by atoms with Crippen LogP contribution in [0.4, 0.5) is 0 Å². The number of ketones is 1. The molecule has 2 nitrogen and oxygen atoms in total. The Hall–Kier alpha value is -0.370. The van der Waals surface area contributed by atoms with Crippen molar-refractivity contribution in [2.45, 2.75) is 59.0 Å². The maximum atomic E-state index is 11.8. The molecule has 2 saturated carbocycles. The quantitative estimate of drug-likeness (QED) is 0.803. The molecule has 0 bridgehead atoms. The zero-order valence-corrected chi connectivity index (χ0v) is 11.6. The van der Waals surface area contributed by atoms with Crippen LogP contribution < -0.4 is 0 Å². The van der Waals surface area contributed by atoms with Crippen LogP contribution in [0.2, 0.25) is 0 Å². The Morgan fingerprint density at radius 2 is 1.94 bits per heavy atom. The van der Waals surface area contributed by atoms with Gasteiger partial charge in [0.1, 0.15) is 5.78 Å². The van der Waals surface area contributed by atoms with Crippen LogP contribution in [-0.2, 0) is 4.79 Å². The summed E-state index contributed by atoms with van der Waals surface area (Å²) in [5, 5.41) is 10.5. The molecule has 2 aliphatic carbocycles. The van der Waals surface area contributed by atoms with Crippen molar-refractivity contribution in [3.63, 3.8) is 0 Å². The largest absolute Gasteiger partial charge is 0.390 e. The Bertz CT molecular complexity index is 306. The first-order valence-electron chi connectivity index (χ1n) is 7.07. The average molecular weight is 238 g/mol. The molecule has 2 unspecified atom stereocenters. The van der Waals surface area contributed by atoms with Crippen molar-refractivity contribution in [2.75, 3.05) is 0 Å². The van der Waals surface area contributed by atoms with Gasteiger partial charge < -0.3 is 5.11 Å². The molecule has 5 atom stereocenters. The summed E-state index contributed by atoms with van der Waals surface area (Å²) in [4.78, 5) is 11.8. The number of Topliss-reactive ketones (excluding diaryl/α,β-unsaturated/α-hetero) is 1. The zero-order chi connectivity index (χ0) is 12.8. The first kappa shape index (κ1) is 13.1. The summed E-state index contributed by atoms with van der Waals surface area (Å²) in [6, 6.07) is 0. The van der Waals surface area contributed by atoms with E-state index in [0.717, 1.165) is 25.7 Å². The molecule has 0 aromatic rings. The van der Waals surface area contributed by atoms with Crippen LogP contribution in [0.25, 0.3) is 0 Å². The first-order chi connectivity index (χ1) is 7.84. The molecule has 0 aliphatic heterocycles. The van der Waals surface area contributed by atoms with Gasteiger partial charge in [0.15, 0.2) is 0 Å². The molecule has 0 heterocycles. The van der Waals surface area contributed by atoms with Gasteiger partial charge in [-0.25, -0.2) is 0 Å². The molecule has 1 N–H and O–H groups in total. The molecule has 2 rings (SSSR count). The minimum atomic E-state index is -0.541. The summed E-state index contributed by atoms with van der Waals surface area (Å²) in [7, 11) is 0. The average Bonchev–Trinajstić information content (AvgIpc) is 2.62. The molecule has 0 saturated heterocycles. The van der Waals surface area contributed by atoms with E-state index in [9.17, 15) is 9.90 Å². The topological polar surface area (TPSA) is 37.3 Å². The van der Waals surface area contributed by atoms with Crippen LogP contribution in [0.5, 0.6) is 0 Å². The highest BCUT2D eigenvalue weighted by Gasteiger charge is 2.53. The van der Waals surface area contributed by atoms with Gasteiger partial charge in [-0.05, 0) is 63.2 Å². The van der Waals surface area contributed by atoms with Gasteiger partial charge in [-0.2, -0.15) is 0 Å². The van der Waals surface area contributed by atoms with Gasteiger partial charge in [0.05, 0.1) is 5.60 Å². The Labute approximate surface area is 105 Å². The molecular weight excluding hydrogens is 212 g/mol. The van der Waals surface area contributed by atoms with Crippen LogP contribution in [0.3, 0.4) is 0 Å². The van der Waals surface area contributed by atoms with E-state index in [1.54, 1.807) is 6.92 Å². The summed E-state index contributed by atoms with van der Waals surface area (Å²) in [6.07, 6.45) is 4.01. The van der Waals surface area contributed by atoms with E-state index in [4.69, 9.17) is 0 Å². The minimum Gasteiger partial charge on any atom is -0.390 e. The zero-order valence-electron chi connectivity index (χ0n) is 11.6. The van der Waals surface area contributed by atoms with Crippen LogP contribution in [0.15, 0.2) is 0 Å². The SMILES string of the molecule is CC(=O)[C@H]1CCC2C1[C@H](C(C)C)CC[C@@]2(C)O. The van der Waals surface area contributed by atoms with E-state index in [1.165, 1.54) is 0 Å². The molecule has 0 aromatic carbocycles. The lowest BCUT2D eigenvalue weighted by Crippen LogP contribution is -2.47. The number of aliphatic hydroxyl groups is 1. The highest BCUT2D eigenvalue weighted by molar-refractivity contribution is 5.79. The Morgan fingerprint density at radius 3 is 2.47 bits per heavy atom. The highest BCUT2D eigenvalue weighted by atomic mass is 16.3. The standard InChI is InChI=1S/C15H26O2/c1-9(2)11-7-8-15(4,17)13-6-5-12(10(3)16)14(11)13/h9,11-14,17H,5-8H2,1-4H3/t11-,12+,13?,14?,15+/m0/s1. The number of carbonyl (C=O) groups excluding carboxylic acids is 1. The predicted molar refractivity (Wildman–Crippen MR) is 68.6 cm³/mol. The molecule has 0 aromatic heterocycles. The van der Waals surface area contributed by atoms with E-state index in [2.05, 4.69) is 13.8 Å². The predicted octanol–water partition coefficient (Wildman–Crippen LogP) is 3.03. The Balaban J connectivity index is 2.28. The second kappa shape index (κ2) is 4.38. The van der Waals surface area contributed by atoms with Crippen molar-refractivity contribution in [1.29, 1.82) is 0 Å². The second-order valence-electron chi connectivity index (χ2n) is 6.78. The van der Waals surface area contributed by atoms with Crippen molar-refractivity contribution < 1.29 is 9.90 Å². The molecule has 17 heavy (non-hydrogen) atoms. The lowest BCUT2D eigenvalue weighted by molar-refractivity contribution is -0.127. The van der Waals surface area contributed by atoms with E-state index < -0.39 is 5.60 Å². The fourth-order valence-corrected chi connectivity index (χ4v) is 4.44. The smallest absolute Gasteiger partial charge is 0.133 e. The molecule has 0 spiro atoms. The second-order valence-corrected chi connectivity index (χ2v) is 6.78. The van der Waals surface area contributed by atoms with E-state index in [-0.39, 0.29) is 5.92 Å². The number of hydrogen-bond donors (Lipinski definition) is 1. The highest BCUT2D eigenvalue weighted by Crippen LogP contribution is 2.54. The monoisotopic (exact) mass is 238 g/mol. The maximum absolute atomic E-state index is 11.8. The number of rotatable bonds is 2.